The molecular weight excluding hydrogens is 246 g/mol. The van der Waals surface area contributed by atoms with E-state index in [9.17, 15) is 10.2 Å². The molecule has 3 aliphatic rings. The minimum Gasteiger partial charge on any atom is -0.424 e. The smallest absolute Gasteiger partial charge is 0.230 e. The number of likely N-dealkylation sites (tertiary alicyclic amines) is 1. The number of nitrogens with zero attached hydrogens (tertiary/aromatic N) is 3. The van der Waals surface area contributed by atoms with E-state index >= 15 is 0 Å². The Morgan fingerprint density at radius 1 is 1.16 bits per heavy atom. The van der Waals surface area contributed by atoms with E-state index in [1.165, 1.54) is 12.8 Å². The fraction of sp³-hybridized carbons (Fsp3) is 0.846. The number of piperidine rings is 1. The van der Waals surface area contributed by atoms with Crippen LogP contribution in [0.1, 0.15) is 30.5 Å². The van der Waals surface area contributed by atoms with Gasteiger partial charge in [0.25, 0.3) is 0 Å². The molecule has 3 fully saturated rings. The maximum atomic E-state index is 9.39. The zero-order valence-corrected chi connectivity index (χ0v) is 10.8. The second-order valence-corrected chi connectivity index (χ2v) is 6.26. The fourth-order valence-electron chi connectivity index (χ4n) is 3.58. The summed E-state index contributed by atoms with van der Waals surface area (Å²) in [6.45, 7) is 2.71. The normalized spacial score (nSPS) is 32.5. The summed E-state index contributed by atoms with van der Waals surface area (Å²) in [4.78, 5) is 2.28. The average Bonchev–Trinajstić information content (AvgIpc) is 3.26. The van der Waals surface area contributed by atoms with Gasteiger partial charge in [-0.05, 0) is 24.7 Å². The van der Waals surface area contributed by atoms with Crippen molar-refractivity contribution in [2.45, 2.75) is 25.3 Å². The lowest BCUT2D eigenvalue weighted by atomic mass is 10.0. The van der Waals surface area contributed by atoms with Gasteiger partial charge in [0.1, 0.15) is 0 Å². The van der Waals surface area contributed by atoms with Gasteiger partial charge >= 0.3 is 0 Å². The molecule has 2 aliphatic carbocycles. The summed E-state index contributed by atoms with van der Waals surface area (Å²) < 4.78 is 5.66. The van der Waals surface area contributed by atoms with Crippen LogP contribution in [-0.4, -0.2) is 51.6 Å². The highest BCUT2D eigenvalue weighted by atomic mass is 16.4. The summed E-state index contributed by atoms with van der Waals surface area (Å²) >= 11 is 0. The molecule has 19 heavy (non-hydrogen) atoms. The second kappa shape index (κ2) is 4.01. The van der Waals surface area contributed by atoms with Crippen LogP contribution in [0.25, 0.3) is 0 Å². The standard InChI is InChI=1S/C13H19N3O3/c17-6-13(7-18)9-3-16(4-10(9)13)5-11-14-15-12(19-11)8-1-2-8/h8-10,17-18H,1-7H2. The van der Waals surface area contributed by atoms with Crippen LogP contribution in [0.2, 0.25) is 0 Å². The largest absolute Gasteiger partial charge is 0.424 e. The predicted octanol–water partition coefficient (Wildman–Crippen LogP) is -0.0204. The first-order valence-corrected chi connectivity index (χ1v) is 7.03. The molecule has 1 aromatic heterocycles. The predicted molar refractivity (Wildman–Crippen MR) is 65.1 cm³/mol. The number of hydrogen-bond donors (Lipinski definition) is 2. The Labute approximate surface area is 111 Å². The van der Waals surface area contributed by atoms with E-state index in [4.69, 9.17) is 4.42 Å². The maximum absolute atomic E-state index is 9.39. The first-order valence-electron chi connectivity index (χ1n) is 7.03. The highest BCUT2D eigenvalue weighted by molar-refractivity contribution is 5.16. The monoisotopic (exact) mass is 265 g/mol. The molecule has 2 heterocycles. The van der Waals surface area contributed by atoms with Crippen LogP contribution in [0, 0.1) is 17.3 Å². The van der Waals surface area contributed by atoms with E-state index < -0.39 is 0 Å². The molecule has 0 spiro atoms. The van der Waals surface area contributed by atoms with E-state index in [-0.39, 0.29) is 18.6 Å². The molecular formula is C13H19N3O3. The molecule has 1 aromatic rings. The van der Waals surface area contributed by atoms with Crippen LogP contribution >= 0.6 is 0 Å². The lowest BCUT2D eigenvalue weighted by Gasteiger charge is -2.22. The van der Waals surface area contributed by atoms with Gasteiger partial charge in [0.15, 0.2) is 0 Å². The van der Waals surface area contributed by atoms with Gasteiger partial charge in [-0.1, -0.05) is 0 Å². The van der Waals surface area contributed by atoms with Crippen LogP contribution in [0.4, 0.5) is 0 Å². The quantitative estimate of drug-likeness (QED) is 0.778. The van der Waals surface area contributed by atoms with Crippen LogP contribution in [0.5, 0.6) is 0 Å². The van der Waals surface area contributed by atoms with Crippen molar-refractivity contribution in [3.63, 3.8) is 0 Å². The molecule has 4 rings (SSSR count). The first-order chi connectivity index (χ1) is 9.26. The van der Waals surface area contributed by atoms with Gasteiger partial charge in [0, 0.05) is 24.4 Å². The molecule has 2 unspecified atom stereocenters. The molecule has 0 bridgehead atoms. The number of aliphatic hydroxyl groups excluding tert-OH is 2. The fourth-order valence-corrected chi connectivity index (χ4v) is 3.58. The summed E-state index contributed by atoms with van der Waals surface area (Å²) in [5, 5.41) is 27.0. The SMILES string of the molecule is OCC1(CO)C2CN(Cc3nnc(C4CC4)o3)CC21. The number of aliphatic hydroxyl groups is 2. The van der Waals surface area contributed by atoms with E-state index in [2.05, 4.69) is 15.1 Å². The minimum absolute atomic E-state index is 0.0963. The van der Waals surface area contributed by atoms with Gasteiger partial charge in [-0.15, -0.1) is 10.2 Å². The topological polar surface area (TPSA) is 82.6 Å². The maximum Gasteiger partial charge on any atom is 0.230 e. The Bertz CT molecular complexity index is 467. The third-order valence-corrected chi connectivity index (χ3v) is 5.12. The molecule has 2 saturated carbocycles. The van der Waals surface area contributed by atoms with Crippen molar-refractivity contribution in [2.75, 3.05) is 26.3 Å². The van der Waals surface area contributed by atoms with Crippen LogP contribution in [0.15, 0.2) is 4.42 Å². The van der Waals surface area contributed by atoms with Crippen LogP contribution in [-0.2, 0) is 6.54 Å². The van der Waals surface area contributed by atoms with E-state index in [0.29, 0.717) is 30.2 Å². The molecule has 2 N–H and O–H groups in total. The lowest BCUT2D eigenvalue weighted by Crippen LogP contribution is -2.31. The molecule has 2 atom stereocenters. The van der Waals surface area contributed by atoms with Crippen molar-refractivity contribution in [3.05, 3.63) is 11.8 Å². The number of fused-ring (bicyclic) bond motifs is 1. The van der Waals surface area contributed by atoms with Crippen molar-refractivity contribution >= 4 is 0 Å². The van der Waals surface area contributed by atoms with E-state index in [1.807, 2.05) is 0 Å². The van der Waals surface area contributed by atoms with Gasteiger partial charge in [-0.3, -0.25) is 4.90 Å². The zero-order valence-electron chi connectivity index (χ0n) is 10.8. The number of hydrogen-bond acceptors (Lipinski definition) is 6. The summed E-state index contributed by atoms with van der Waals surface area (Å²) in [5.41, 5.74) is -0.218. The van der Waals surface area contributed by atoms with E-state index in [0.717, 1.165) is 19.0 Å². The zero-order chi connectivity index (χ0) is 13.0. The average molecular weight is 265 g/mol. The third-order valence-electron chi connectivity index (χ3n) is 5.12. The Morgan fingerprint density at radius 2 is 1.84 bits per heavy atom. The van der Waals surface area contributed by atoms with Crippen molar-refractivity contribution in [1.82, 2.24) is 15.1 Å². The number of rotatable bonds is 5. The molecule has 104 valence electrons. The van der Waals surface area contributed by atoms with Crippen molar-refractivity contribution in [3.8, 4) is 0 Å². The van der Waals surface area contributed by atoms with Gasteiger partial charge < -0.3 is 14.6 Å². The van der Waals surface area contributed by atoms with Gasteiger partial charge in [0.2, 0.25) is 11.8 Å². The highest BCUT2D eigenvalue weighted by Gasteiger charge is 2.67. The molecule has 0 aromatic carbocycles. The summed E-state index contributed by atoms with van der Waals surface area (Å²) in [7, 11) is 0. The Kier molecular flexibility index (Phi) is 2.49. The minimum atomic E-state index is -0.218. The van der Waals surface area contributed by atoms with Crippen LogP contribution < -0.4 is 0 Å². The van der Waals surface area contributed by atoms with Gasteiger partial charge in [-0.25, -0.2) is 0 Å². The summed E-state index contributed by atoms with van der Waals surface area (Å²) in [5.74, 6) is 2.84. The van der Waals surface area contributed by atoms with Gasteiger partial charge in [0.05, 0.1) is 19.8 Å². The second-order valence-electron chi connectivity index (χ2n) is 6.26. The Balaban J connectivity index is 1.36. The Morgan fingerprint density at radius 3 is 2.42 bits per heavy atom. The summed E-state index contributed by atoms with van der Waals surface area (Å²) in [6.07, 6.45) is 2.34. The molecule has 0 amide bonds. The lowest BCUT2D eigenvalue weighted by molar-refractivity contribution is 0.0850. The van der Waals surface area contributed by atoms with Crippen LogP contribution in [0.3, 0.4) is 0 Å². The van der Waals surface area contributed by atoms with E-state index in [1.54, 1.807) is 0 Å². The molecule has 6 nitrogen and oxygen atoms in total. The summed E-state index contributed by atoms with van der Waals surface area (Å²) in [6, 6.07) is 0. The molecule has 1 saturated heterocycles. The van der Waals surface area contributed by atoms with Crippen molar-refractivity contribution in [1.29, 1.82) is 0 Å². The molecule has 1 aliphatic heterocycles. The Hall–Kier alpha value is -0.980. The first kappa shape index (κ1) is 11.8. The molecule has 6 heteroatoms. The van der Waals surface area contributed by atoms with Crippen molar-refractivity contribution in [2.24, 2.45) is 17.3 Å². The third kappa shape index (κ3) is 1.74. The van der Waals surface area contributed by atoms with Gasteiger partial charge in [-0.2, -0.15) is 0 Å². The highest BCUT2D eigenvalue weighted by Crippen LogP contribution is 2.62. The number of aromatic nitrogens is 2. The molecule has 0 radical (unpaired) electrons. The van der Waals surface area contributed by atoms with Crippen molar-refractivity contribution < 1.29 is 14.6 Å².